The maximum absolute atomic E-state index is 13.5. The van der Waals surface area contributed by atoms with Gasteiger partial charge < -0.3 is 5.73 Å². The molecule has 1 rings (SSSR count). The summed E-state index contributed by atoms with van der Waals surface area (Å²) in [6, 6.07) is 5.19. The highest BCUT2D eigenvalue weighted by Gasteiger charge is 2.20. The molecule has 0 spiro atoms. The van der Waals surface area contributed by atoms with Crippen molar-refractivity contribution < 1.29 is 4.39 Å². The normalized spacial score (nSPS) is 12.2. The molecule has 108 valence electrons. The Morgan fingerprint density at radius 2 is 2.05 bits per heavy atom. The Morgan fingerprint density at radius 1 is 1.37 bits per heavy atom. The first-order valence-corrected chi connectivity index (χ1v) is 7.54. The lowest BCUT2D eigenvalue weighted by atomic mass is 9.93. The molecule has 2 nitrogen and oxygen atoms in total. The van der Waals surface area contributed by atoms with Crippen LogP contribution in [0.1, 0.15) is 32.8 Å². The summed E-state index contributed by atoms with van der Waals surface area (Å²) >= 11 is 3.33. The molecule has 19 heavy (non-hydrogen) atoms. The maximum atomic E-state index is 13.5. The van der Waals surface area contributed by atoms with Crippen LogP contribution in [0.15, 0.2) is 22.7 Å². The monoisotopic (exact) mass is 330 g/mol. The number of rotatable bonds is 7. The van der Waals surface area contributed by atoms with Crippen molar-refractivity contribution in [3.8, 4) is 0 Å². The van der Waals surface area contributed by atoms with E-state index in [2.05, 4.69) is 41.6 Å². The molecule has 0 aliphatic heterocycles. The van der Waals surface area contributed by atoms with Gasteiger partial charge >= 0.3 is 0 Å². The molecular formula is C15H24BrFN2. The van der Waals surface area contributed by atoms with Crippen LogP contribution in [0.4, 0.5) is 4.39 Å². The Labute approximate surface area is 124 Å². The third kappa shape index (κ3) is 5.21. The van der Waals surface area contributed by atoms with E-state index in [-0.39, 0.29) is 11.2 Å². The van der Waals surface area contributed by atoms with Crippen LogP contribution in [0, 0.1) is 11.2 Å². The number of nitrogens with zero attached hydrogens (tertiary/aromatic N) is 1. The van der Waals surface area contributed by atoms with Crippen molar-refractivity contribution in [2.45, 2.75) is 33.7 Å². The standard InChI is InChI=1S/C15H24BrFN2/c1-4-8-19(11-15(2,3)10-18)9-12-6-5-7-13(17)14(12)16/h5-7H,4,8-11,18H2,1-3H3. The minimum atomic E-state index is -0.202. The van der Waals surface area contributed by atoms with Crippen LogP contribution in [0.25, 0.3) is 0 Å². The quantitative estimate of drug-likeness (QED) is 0.824. The van der Waals surface area contributed by atoms with Gasteiger partial charge in [0.25, 0.3) is 0 Å². The zero-order chi connectivity index (χ0) is 14.5. The van der Waals surface area contributed by atoms with Gasteiger partial charge in [-0.3, -0.25) is 4.90 Å². The molecule has 2 N–H and O–H groups in total. The number of halogens is 2. The summed E-state index contributed by atoms with van der Waals surface area (Å²) in [7, 11) is 0. The van der Waals surface area contributed by atoms with Gasteiger partial charge in [-0.1, -0.05) is 32.9 Å². The van der Waals surface area contributed by atoms with Crippen LogP contribution in [0.3, 0.4) is 0 Å². The zero-order valence-electron chi connectivity index (χ0n) is 12.0. The van der Waals surface area contributed by atoms with Gasteiger partial charge in [-0.05, 0) is 52.5 Å². The fourth-order valence-corrected chi connectivity index (χ4v) is 2.50. The Balaban J connectivity index is 2.81. The average Bonchev–Trinajstić information content (AvgIpc) is 2.35. The molecule has 0 saturated carbocycles. The van der Waals surface area contributed by atoms with Crippen molar-refractivity contribution >= 4 is 15.9 Å². The molecule has 0 aliphatic carbocycles. The van der Waals surface area contributed by atoms with Crippen molar-refractivity contribution in [2.24, 2.45) is 11.1 Å². The second kappa shape index (κ2) is 7.36. The second-order valence-corrected chi connectivity index (χ2v) is 6.58. The predicted octanol–water partition coefficient (Wildman–Crippen LogP) is 3.79. The van der Waals surface area contributed by atoms with Gasteiger partial charge in [-0.15, -0.1) is 0 Å². The molecule has 1 aromatic carbocycles. The van der Waals surface area contributed by atoms with Crippen LogP contribution < -0.4 is 5.73 Å². The molecule has 0 amide bonds. The lowest BCUT2D eigenvalue weighted by Crippen LogP contribution is -2.38. The Kier molecular flexibility index (Phi) is 6.43. The zero-order valence-corrected chi connectivity index (χ0v) is 13.6. The highest BCUT2D eigenvalue weighted by atomic mass is 79.9. The van der Waals surface area contributed by atoms with E-state index in [1.54, 1.807) is 6.07 Å². The predicted molar refractivity (Wildman–Crippen MR) is 82.5 cm³/mol. The summed E-state index contributed by atoms with van der Waals surface area (Å²) in [5, 5.41) is 0. The molecule has 0 unspecified atom stereocenters. The molecule has 0 fully saturated rings. The second-order valence-electron chi connectivity index (χ2n) is 5.79. The Bertz CT molecular complexity index is 407. The van der Waals surface area contributed by atoms with Crippen LogP contribution in [0.5, 0.6) is 0 Å². The van der Waals surface area contributed by atoms with Gasteiger partial charge in [0, 0.05) is 13.1 Å². The van der Waals surface area contributed by atoms with Gasteiger partial charge in [-0.25, -0.2) is 4.39 Å². The molecule has 0 radical (unpaired) electrons. The van der Waals surface area contributed by atoms with Crippen molar-refractivity contribution in [1.29, 1.82) is 0 Å². The van der Waals surface area contributed by atoms with Gasteiger partial charge in [0.15, 0.2) is 0 Å². The summed E-state index contributed by atoms with van der Waals surface area (Å²) in [6.45, 7) is 9.79. The fourth-order valence-electron chi connectivity index (χ4n) is 2.11. The van der Waals surface area contributed by atoms with Crippen molar-refractivity contribution in [3.63, 3.8) is 0 Å². The number of benzene rings is 1. The third-order valence-electron chi connectivity index (χ3n) is 3.17. The molecule has 0 aliphatic rings. The maximum Gasteiger partial charge on any atom is 0.137 e. The molecule has 0 saturated heterocycles. The van der Waals surface area contributed by atoms with E-state index >= 15 is 0 Å². The summed E-state index contributed by atoms with van der Waals surface area (Å²) in [4.78, 5) is 2.34. The summed E-state index contributed by atoms with van der Waals surface area (Å²) in [5.41, 5.74) is 6.87. The minimum Gasteiger partial charge on any atom is -0.330 e. The lowest BCUT2D eigenvalue weighted by Gasteiger charge is -2.32. The third-order valence-corrected chi connectivity index (χ3v) is 4.06. The van der Waals surface area contributed by atoms with Gasteiger partial charge in [-0.2, -0.15) is 0 Å². The molecule has 0 heterocycles. The van der Waals surface area contributed by atoms with Crippen LogP contribution in [-0.2, 0) is 6.54 Å². The topological polar surface area (TPSA) is 29.3 Å². The molecule has 4 heteroatoms. The molecule has 1 aromatic rings. The fraction of sp³-hybridized carbons (Fsp3) is 0.600. The summed E-state index contributed by atoms with van der Waals surface area (Å²) < 4.78 is 14.1. The van der Waals surface area contributed by atoms with Gasteiger partial charge in [0.1, 0.15) is 5.82 Å². The van der Waals surface area contributed by atoms with Crippen LogP contribution in [0.2, 0.25) is 0 Å². The van der Waals surface area contributed by atoms with E-state index in [0.29, 0.717) is 11.0 Å². The highest BCUT2D eigenvalue weighted by Crippen LogP contribution is 2.23. The van der Waals surface area contributed by atoms with E-state index < -0.39 is 0 Å². The number of hydrogen-bond donors (Lipinski definition) is 1. The summed E-state index contributed by atoms with van der Waals surface area (Å²) in [6.07, 6.45) is 1.08. The first kappa shape index (κ1) is 16.6. The van der Waals surface area contributed by atoms with Crippen LogP contribution in [-0.4, -0.2) is 24.5 Å². The SMILES string of the molecule is CCCN(Cc1cccc(F)c1Br)CC(C)(C)CN. The largest absolute Gasteiger partial charge is 0.330 e. The van der Waals surface area contributed by atoms with Crippen molar-refractivity contribution in [2.75, 3.05) is 19.6 Å². The van der Waals surface area contributed by atoms with E-state index in [0.717, 1.165) is 31.6 Å². The van der Waals surface area contributed by atoms with E-state index in [1.807, 2.05) is 6.07 Å². The Morgan fingerprint density at radius 3 is 2.63 bits per heavy atom. The first-order valence-electron chi connectivity index (χ1n) is 6.75. The van der Waals surface area contributed by atoms with Crippen LogP contribution >= 0.6 is 15.9 Å². The van der Waals surface area contributed by atoms with Gasteiger partial charge in [0.05, 0.1) is 4.47 Å². The lowest BCUT2D eigenvalue weighted by molar-refractivity contribution is 0.175. The first-order chi connectivity index (χ1) is 8.89. The highest BCUT2D eigenvalue weighted by molar-refractivity contribution is 9.10. The van der Waals surface area contributed by atoms with E-state index in [1.165, 1.54) is 6.07 Å². The Hall–Kier alpha value is -0.450. The summed E-state index contributed by atoms with van der Waals surface area (Å²) in [5.74, 6) is -0.202. The number of hydrogen-bond acceptors (Lipinski definition) is 2. The van der Waals surface area contributed by atoms with Gasteiger partial charge in [0.2, 0.25) is 0 Å². The van der Waals surface area contributed by atoms with E-state index in [9.17, 15) is 4.39 Å². The van der Waals surface area contributed by atoms with E-state index in [4.69, 9.17) is 5.73 Å². The van der Waals surface area contributed by atoms with Crippen molar-refractivity contribution in [3.05, 3.63) is 34.1 Å². The smallest absolute Gasteiger partial charge is 0.137 e. The average molecular weight is 331 g/mol. The minimum absolute atomic E-state index is 0.0783. The molecule has 0 atom stereocenters. The number of nitrogens with two attached hydrogens (primary N) is 1. The molecule has 0 bridgehead atoms. The molecule has 0 aromatic heterocycles. The van der Waals surface area contributed by atoms with Crippen molar-refractivity contribution in [1.82, 2.24) is 4.90 Å². The molecular weight excluding hydrogens is 307 g/mol.